The van der Waals surface area contributed by atoms with Gasteiger partial charge >= 0.3 is 0 Å². The molecule has 17 heavy (non-hydrogen) atoms. The van der Waals surface area contributed by atoms with Crippen molar-refractivity contribution in [3.8, 4) is 0 Å². The molecular weight excluding hydrogens is 275 g/mol. The van der Waals surface area contributed by atoms with Crippen LogP contribution in [0.2, 0.25) is 0 Å². The second-order valence-corrected chi connectivity index (χ2v) is 7.99. The first-order chi connectivity index (χ1) is 8.00. The fraction of sp³-hybridized carbons (Fsp3) is 0.750. The van der Waals surface area contributed by atoms with E-state index in [9.17, 15) is 0 Å². The van der Waals surface area contributed by atoms with Gasteiger partial charge in [0.2, 0.25) is 0 Å². The van der Waals surface area contributed by atoms with E-state index in [2.05, 4.69) is 10.2 Å². The quantitative estimate of drug-likeness (QED) is 0.820. The van der Waals surface area contributed by atoms with Crippen LogP contribution in [-0.4, -0.2) is 15.4 Å². The standard InChI is InChI=1S/C12H18Cl2N2S/c1-8-11(9(2)16-15-8)12(13,14)17-10-6-4-3-5-7-10/h10H,3-7H2,1-2H3,(H,15,16). The minimum atomic E-state index is -0.872. The van der Waals surface area contributed by atoms with E-state index >= 15 is 0 Å². The first-order valence-electron chi connectivity index (χ1n) is 6.08. The van der Waals surface area contributed by atoms with Crippen LogP contribution in [0, 0.1) is 13.8 Å². The minimum absolute atomic E-state index is 0.576. The number of nitrogens with zero attached hydrogens (tertiary/aromatic N) is 1. The summed E-state index contributed by atoms with van der Waals surface area (Å²) in [7, 11) is 0. The van der Waals surface area contributed by atoms with E-state index in [0.29, 0.717) is 5.25 Å². The van der Waals surface area contributed by atoms with Crippen LogP contribution in [0.3, 0.4) is 0 Å². The Bertz CT molecular complexity index is 364. The highest BCUT2D eigenvalue weighted by atomic mass is 35.5. The maximum atomic E-state index is 6.52. The van der Waals surface area contributed by atoms with Gasteiger partial charge in [-0.15, -0.1) is 11.8 Å². The third kappa shape index (κ3) is 3.12. The number of aromatic nitrogens is 2. The Kier molecular flexibility index (Phi) is 4.32. The molecule has 0 radical (unpaired) electrons. The highest BCUT2D eigenvalue weighted by molar-refractivity contribution is 8.03. The third-order valence-corrected chi connectivity index (χ3v) is 5.50. The number of aromatic amines is 1. The van der Waals surface area contributed by atoms with Crippen molar-refractivity contribution in [3.05, 3.63) is 17.0 Å². The van der Waals surface area contributed by atoms with Crippen molar-refractivity contribution < 1.29 is 0 Å². The Morgan fingerprint density at radius 3 is 2.41 bits per heavy atom. The molecule has 1 aliphatic carbocycles. The number of aryl methyl sites for hydroxylation is 2. The van der Waals surface area contributed by atoms with Gasteiger partial charge in [-0.25, -0.2) is 0 Å². The smallest absolute Gasteiger partial charge is 0.192 e. The molecule has 0 unspecified atom stereocenters. The number of hydrogen-bond acceptors (Lipinski definition) is 2. The molecule has 0 saturated heterocycles. The summed E-state index contributed by atoms with van der Waals surface area (Å²) >= 11 is 14.7. The average Bonchev–Trinajstić information content (AvgIpc) is 2.59. The molecule has 1 heterocycles. The second kappa shape index (κ2) is 5.41. The van der Waals surface area contributed by atoms with Crippen LogP contribution in [0.1, 0.15) is 49.1 Å². The van der Waals surface area contributed by atoms with Crippen LogP contribution in [-0.2, 0) is 3.67 Å². The van der Waals surface area contributed by atoms with Crippen LogP contribution in [0.5, 0.6) is 0 Å². The predicted molar refractivity (Wildman–Crippen MR) is 75.9 cm³/mol. The molecule has 0 amide bonds. The van der Waals surface area contributed by atoms with E-state index in [0.717, 1.165) is 17.0 Å². The number of nitrogens with one attached hydrogen (secondary N) is 1. The molecule has 0 aliphatic heterocycles. The molecule has 0 bridgehead atoms. The van der Waals surface area contributed by atoms with E-state index in [4.69, 9.17) is 23.2 Å². The van der Waals surface area contributed by atoms with Gasteiger partial charge in [0.25, 0.3) is 0 Å². The number of halogens is 2. The molecule has 1 aromatic rings. The molecule has 0 aromatic carbocycles. The van der Waals surface area contributed by atoms with Crippen molar-refractivity contribution in [3.63, 3.8) is 0 Å². The third-order valence-electron chi connectivity index (χ3n) is 3.29. The van der Waals surface area contributed by atoms with Crippen molar-refractivity contribution in [2.75, 3.05) is 0 Å². The molecule has 2 nitrogen and oxygen atoms in total. The first kappa shape index (κ1) is 13.6. The summed E-state index contributed by atoms with van der Waals surface area (Å²) in [6, 6.07) is 0. The van der Waals surface area contributed by atoms with Crippen LogP contribution >= 0.6 is 35.0 Å². The van der Waals surface area contributed by atoms with Gasteiger partial charge in [0.1, 0.15) is 0 Å². The van der Waals surface area contributed by atoms with Gasteiger partial charge in [0, 0.05) is 16.5 Å². The molecule has 5 heteroatoms. The van der Waals surface area contributed by atoms with E-state index < -0.39 is 3.67 Å². The molecule has 2 rings (SSSR count). The van der Waals surface area contributed by atoms with E-state index in [1.54, 1.807) is 11.8 Å². The molecule has 1 fully saturated rings. The summed E-state index contributed by atoms with van der Waals surface area (Å²) in [5.74, 6) is 0. The number of alkyl halides is 2. The zero-order chi connectivity index (χ0) is 12.5. The summed E-state index contributed by atoms with van der Waals surface area (Å²) < 4.78 is -0.872. The number of thioether (sulfide) groups is 1. The molecule has 1 N–H and O–H groups in total. The summed E-state index contributed by atoms with van der Waals surface area (Å²) in [4.78, 5) is 0. The normalized spacial score (nSPS) is 18.6. The lowest BCUT2D eigenvalue weighted by Crippen LogP contribution is -2.17. The van der Waals surface area contributed by atoms with E-state index in [-0.39, 0.29) is 0 Å². The van der Waals surface area contributed by atoms with Gasteiger partial charge in [-0.3, -0.25) is 5.10 Å². The maximum absolute atomic E-state index is 6.52. The lowest BCUT2D eigenvalue weighted by Gasteiger charge is -2.28. The summed E-state index contributed by atoms with van der Waals surface area (Å²) in [5, 5.41) is 7.69. The molecule has 1 saturated carbocycles. The number of hydrogen-bond donors (Lipinski definition) is 1. The molecule has 0 atom stereocenters. The van der Waals surface area contributed by atoms with Gasteiger partial charge in [-0.1, -0.05) is 42.5 Å². The van der Waals surface area contributed by atoms with Gasteiger partial charge < -0.3 is 0 Å². The predicted octanol–water partition coefficient (Wildman–Crippen LogP) is 4.68. The van der Waals surface area contributed by atoms with Gasteiger partial charge in [-0.05, 0) is 26.7 Å². The van der Waals surface area contributed by atoms with Crippen LogP contribution in [0.4, 0.5) is 0 Å². The summed E-state index contributed by atoms with van der Waals surface area (Å²) in [6.45, 7) is 3.91. The Morgan fingerprint density at radius 1 is 1.24 bits per heavy atom. The lowest BCUT2D eigenvalue weighted by molar-refractivity contribution is 0.515. The van der Waals surface area contributed by atoms with E-state index in [1.165, 1.54) is 32.1 Å². The topological polar surface area (TPSA) is 28.7 Å². The average molecular weight is 293 g/mol. The highest BCUT2D eigenvalue weighted by Crippen LogP contribution is 2.51. The van der Waals surface area contributed by atoms with Gasteiger partial charge in [-0.2, -0.15) is 5.10 Å². The fourth-order valence-electron chi connectivity index (χ4n) is 2.43. The van der Waals surface area contributed by atoms with Crippen LogP contribution in [0.25, 0.3) is 0 Å². The minimum Gasteiger partial charge on any atom is -0.282 e. The summed E-state index contributed by atoms with van der Waals surface area (Å²) in [6.07, 6.45) is 6.39. The van der Waals surface area contributed by atoms with Crippen LogP contribution < -0.4 is 0 Å². The Hall–Kier alpha value is 0.140. The number of H-pyrrole nitrogens is 1. The van der Waals surface area contributed by atoms with Gasteiger partial charge in [0.05, 0.1) is 5.69 Å². The Balaban J connectivity index is 2.12. The number of rotatable bonds is 3. The monoisotopic (exact) mass is 292 g/mol. The Labute approximate surface area is 117 Å². The van der Waals surface area contributed by atoms with Crippen molar-refractivity contribution >= 4 is 35.0 Å². The molecule has 1 aliphatic rings. The molecular formula is C12H18Cl2N2S. The maximum Gasteiger partial charge on any atom is 0.192 e. The summed E-state index contributed by atoms with van der Waals surface area (Å²) in [5.41, 5.74) is 2.81. The first-order valence-corrected chi connectivity index (χ1v) is 7.72. The molecule has 96 valence electrons. The van der Waals surface area contributed by atoms with Crippen molar-refractivity contribution in [2.24, 2.45) is 0 Å². The zero-order valence-corrected chi connectivity index (χ0v) is 12.6. The van der Waals surface area contributed by atoms with Crippen molar-refractivity contribution in [1.82, 2.24) is 10.2 Å². The van der Waals surface area contributed by atoms with E-state index in [1.807, 2.05) is 13.8 Å². The van der Waals surface area contributed by atoms with Crippen molar-refractivity contribution in [2.45, 2.75) is 54.9 Å². The van der Waals surface area contributed by atoms with Crippen molar-refractivity contribution in [1.29, 1.82) is 0 Å². The fourth-order valence-corrected chi connectivity index (χ4v) is 5.15. The lowest BCUT2D eigenvalue weighted by atomic mass is 10.0. The molecule has 0 spiro atoms. The van der Waals surface area contributed by atoms with Gasteiger partial charge in [0.15, 0.2) is 3.67 Å². The SMILES string of the molecule is Cc1n[nH]c(C)c1C(Cl)(Cl)SC1CCCCC1. The highest BCUT2D eigenvalue weighted by Gasteiger charge is 2.35. The Morgan fingerprint density at radius 2 is 1.88 bits per heavy atom. The second-order valence-electron chi connectivity index (χ2n) is 4.70. The largest absolute Gasteiger partial charge is 0.282 e. The van der Waals surface area contributed by atoms with Crippen LogP contribution in [0.15, 0.2) is 0 Å². The molecule has 1 aromatic heterocycles. The zero-order valence-electron chi connectivity index (χ0n) is 10.2.